The molecule has 0 spiro atoms. The van der Waals surface area contributed by atoms with E-state index in [2.05, 4.69) is 4.98 Å². The van der Waals surface area contributed by atoms with E-state index in [1.807, 2.05) is 0 Å². The summed E-state index contributed by atoms with van der Waals surface area (Å²) in [7, 11) is 3.07. The number of pyridine rings is 1. The van der Waals surface area contributed by atoms with Gasteiger partial charge >= 0.3 is 5.97 Å². The molecule has 6 heteroatoms. The third-order valence-corrected chi connectivity index (χ3v) is 2.43. The van der Waals surface area contributed by atoms with Crippen molar-refractivity contribution >= 4 is 11.9 Å². The minimum atomic E-state index is -0.866. The van der Waals surface area contributed by atoms with Gasteiger partial charge in [-0.2, -0.15) is 0 Å². The Morgan fingerprint density at radius 3 is 2.83 bits per heavy atom. The third kappa shape index (κ3) is 3.73. The molecule has 0 aliphatic rings. The van der Waals surface area contributed by atoms with Crippen LogP contribution in [-0.2, 0) is 4.79 Å². The van der Waals surface area contributed by atoms with E-state index in [9.17, 15) is 9.59 Å². The Balaban J connectivity index is 2.65. The number of amides is 1. The van der Waals surface area contributed by atoms with Gasteiger partial charge in [-0.05, 0) is 18.6 Å². The van der Waals surface area contributed by atoms with Gasteiger partial charge in [0.15, 0.2) is 0 Å². The smallest absolute Gasteiger partial charge is 0.303 e. The van der Waals surface area contributed by atoms with Crippen molar-refractivity contribution in [2.24, 2.45) is 0 Å². The van der Waals surface area contributed by atoms with E-state index >= 15 is 0 Å². The monoisotopic (exact) mass is 252 g/mol. The molecule has 18 heavy (non-hydrogen) atoms. The summed E-state index contributed by atoms with van der Waals surface area (Å²) in [5.41, 5.74) is 0.373. The largest absolute Gasteiger partial charge is 0.481 e. The summed E-state index contributed by atoms with van der Waals surface area (Å²) in [6.07, 6.45) is 2.00. The number of nitrogens with zero attached hydrogens (tertiary/aromatic N) is 2. The molecule has 1 amide bonds. The van der Waals surface area contributed by atoms with Crippen LogP contribution in [0.5, 0.6) is 5.88 Å². The van der Waals surface area contributed by atoms with Crippen LogP contribution in [0.2, 0.25) is 0 Å². The second-order valence-corrected chi connectivity index (χ2v) is 3.78. The highest BCUT2D eigenvalue weighted by molar-refractivity contribution is 5.96. The van der Waals surface area contributed by atoms with Crippen LogP contribution in [0.4, 0.5) is 0 Å². The molecule has 1 rings (SSSR count). The molecule has 0 unspecified atom stereocenters. The predicted molar refractivity (Wildman–Crippen MR) is 64.6 cm³/mol. The van der Waals surface area contributed by atoms with Crippen molar-refractivity contribution < 1.29 is 19.4 Å². The van der Waals surface area contributed by atoms with Crippen LogP contribution in [0.3, 0.4) is 0 Å². The molecule has 1 aromatic heterocycles. The third-order valence-electron chi connectivity index (χ3n) is 2.43. The lowest BCUT2D eigenvalue weighted by atomic mass is 10.2. The molecule has 0 bridgehead atoms. The first-order chi connectivity index (χ1) is 8.56. The number of aliphatic carboxylic acids is 1. The number of carboxylic acids is 1. The molecule has 0 aromatic carbocycles. The Labute approximate surface area is 105 Å². The molecule has 0 aliphatic heterocycles. The highest BCUT2D eigenvalue weighted by Crippen LogP contribution is 2.15. The van der Waals surface area contributed by atoms with Crippen molar-refractivity contribution in [2.75, 3.05) is 20.7 Å². The minimum Gasteiger partial charge on any atom is -0.481 e. The topological polar surface area (TPSA) is 79.7 Å². The standard InChI is InChI=1S/C12H16N2O4/c1-14(8-4-6-10(15)16)12(17)9-5-3-7-13-11(9)18-2/h3,5,7H,4,6,8H2,1-2H3,(H,15,16). The predicted octanol–water partition coefficient (Wildman–Crippen LogP) is 1.03. The molecule has 0 radical (unpaired) electrons. The quantitative estimate of drug-likeness (QED) is 0.817. The molecule has 0 aliphatic carbocycles. The molecule has 0 atom stereocenters. The van der Waals surface area contributed by atoms with Crippen LogP contribution in [0.15, 0.2) is 18.3 Å². The fourth-order valence-corrected chi connectivity index (χ4v) is 1.49. The maximum absolute atomic E-state index is 12.1. The lowest BCUT2D eigenvalue weighted by Crippen LogP contribution is -2.28. The van der Waals surface area contributed by atoms with Gasteiger partial charge in [0.25, 0.3) is 5.91 Å². The van der Waals surface area contributed by atoms with Crippen LogP contribution in [0.25, 0.3) is 0 Å². The number of methoxy groups -OCH3 is 1. The van der Waals surface area contributed by atoms with Gasteiger partial charge in [0.2, 0.25) is 5.88 Å². The molecule has 0 saturated carbocycles. The lowest BCUT2D eigenvalue weighted by molar-refractivity contribution is -0.137. The van der Waals surface area contributed by atoms with Gasteiger partial charge in [-0.15, -0.1) is 0 Å². The van der Waals surface area contributed by atoms with Crippen LogP contribution >= 0.6 is 0 Å². The molecule has 1 N–H and O–H groups in total. The van der Waals surface area contributed by atoms with Gasteiger partial charge in [0.1, 0.15) is 5.56 Å². The average molecular weight is 252 g/mol. The SMILES string of the molecule is COc1ncccc1C(=O)N(C)CCCC(=O)O. The molecule has 1 aromatic rings. The van der Waals surface area contributed by atoms with Gasteiger partial charge in [-0.1, -0.05) is 0 Å². The normalized spacial score (nSPS) is 9.89. The minimum absolute atomic E-state index is 0.0434. The lowest BCUT2D eigenvalue weighted by Gasteiger charge is -2.17. The van der Waals surface area contributed by atoms with E-state index in [1.54, 1.807) is 25.4 Å². The Morgan fingerprint density at radius 1 is 1.50 bits per heavy atom. The van der Waals surface area contributed by atoms with E-state index in [0.717, 1.165) is 0 Å². The number of hydrogen-bond acceptors (Lipinski definition) is 4. The van der Waals surface area contributed by atoms with E-state index in [-0.39, 0.29) is 18.2 Å². The van der Waals surface area contributed by atoms with E-state index in [4.69, 9.17) is 9.84 Å². The Morgan fingerprint density at radius 2 is 2.22 bits per heavy atom. The van der Waals surface area contributed by atoms with Crippen molar-refractivity contribution in [3.8, 4) is 5.88 Å². The summed E-state index contributed by atoms with van der Waals surface area (Å²) in [6.45, 7) is 0.378. The maximum atomic E-state index is 12.1. The Kier molecular flexibility index (Phi) is 5.10. The number of aromatic nitrogens is 1. The van der Waals surface area contributed by atoms with Gasteiger partial charge in [-0.25, -0.2) is 4.98 Å². The van der Waals surface area contributed by atoms with Crippen LogP contribution in [0.1, 0.15) is 23.2 Å². The first-order valence-electron chi connectivity index (χ1n) is 5.52. The fourth-order valence-electron chi connectivity index (χ4n) is 1.49. The molecule has 1 heterocycles. The van der Waals surface area contributed by atoms with Crippen molar-refractivity contribution in [2.45, 2.75) is 12.8 Å². The first-order valence-corrected chi connectivity index (χ1v) is 5.52. The molecular weight excluding hydrogens is 236 g/mol. The highest BCUT2D eigenvalue weighted by atomic mass is 16.5. The van der Waals surface area contributed by atoms with Gasteiger partial charge < -0.3 is 14.7 Å². The van der Waals surface area contributed by atoms with Crippen molar-refractivity contribution in [3.63, 3.8) is 0 Å². The summed E-state index contributed by atoms with van der Waals surface area (Å²) in [4.78, 5) is 27.9. The second-order valence-electron chi connectivity index (χ2n) is 3.78. The number of rotatable bonds is 6. The second kappa shape index (κ2) is 6.58. The summed E-state index contributed by atoms with van der Waals surface area (Å²) < 4.78 is 5.01. The Hall–Kier alpha value is -2.11. The van der Waals surface area contributed by atoms with E-state index in [1.165, 1.54) is 12.0 Å². The number of carbonyl (C=O) groups is 2. The highest BCUT2D eigenvalue weighted by Gasteiger charge is 2.16. The Bertz CT molecular complexity index is 434. The number of carboxylic acid groups (broad SMARTS) is 1. The van der Waals surface area contributed by atoms with Crippen LogP contribution < -0.4 is 4.74 Å². The number of ether oxygens (including phenoxy) is 1. The fraction of sp³-hybridized carbons (Fsp3) is 0.417. The van der Waals surface area contributed by atoms with E-state index in [0.29, 0.717) is 18.5 Å². The first kappa shape index (κ1) is 14.0. The van der Waals surface area contributed by atoms with Crippen molar-refractivity contribution in [3.05, 3.63) is 23.9 Å². The van der Waals surface area contributed by atoms with E-state index < -0.39 is 5.97 Å². The average Bonchev–Trinajstić information content (AvgIpc) is 2.37. The molecule has 0 fully saturated rings. The molecule has 98 valence electrons. The van der Waals surface area contributed by atoms with Gasteiger partial charge in [0.05, 0.1) is 7.11 Å². The van der Waals surface area contributed by atoms with Gasteiger partial charge in [-0.3, -0.25) is 9.59 Å². The zero-order valence-corrected chi connectivity index (χ0v) is 10.4. The molecular formula is C12H16N2O4. The summed E-state index contributed by atoms with van der Waals surface area (Å²) in [6, 6.07) is 3.28. The summed E-state index contributed by atoms with van der Waals surface area (Å²) in [5, 5.41) is 8.53. The number of hydrogen-bond donors (Lipinski definition) is 1. The zero-order valence-electron chi connectivity index (χ0n) is 10.4. The zero-order chi connectivity index (χ0) is 13.5. The summed E-state index contributed by atoms with van der Waals surface area (Å²) in [5.74, 6) is -0.826. The van der Waals surface area contributed by atoms with Crippen LogP contribution in [-0.4, -0.2) is 47.6 Å². The molecule has 0 saturated heterocycles. The van der Waals surface area contributed by atoms with Crippen molar-refractivity contribution in [1.82, 2.24) is 9.88 Å². The van der Waals surface area contributed by atoms with Crippen LogP contribution in [0, 0.1) is 0 Å². The number of carbonyl (C=O) groups excluding carboxylic acids is 1. The maximum Gasteiger partial charge on any atom is 0.303 e. The summed E-state index contributed by atoms with van der Waals surface area (Å²) >= 11 is 0. The van der Waals surface area contributed by atoms with Gasteiger partial charge in [0, 0.05) is 26.2 Å². The van der Waals surface area contributed by atoms with Crippen molar-refractivity contribution in [1.29, 1.82) is 0 Å². The molecule has 6 nitrogen and oxygen atoms in total.